The average molecular weight is 170 g/mol. The van der Waals surface area contributed by atoms with E-state index in [0.717, 1.165) is 25.7 Å². The molecule has 1 rings (SSSR count). The zero-order valence-corrected chi connectivity index (χ0v) is 7.45. The SMILES string of the molecule is C=CCC(O)C1CCC(O)CC1. The van der Waals surface area contributed by atoms with Crippen molar-refractivity contribution in [1.29, 1.82) is 0 Å². The number of aliphatic hydroxyl groups excluding tert-OH is 2. The summed E-state index contributed by atoms with van der Waals surface area (Å²) in [4.78, 5) is 0. The van der Waals surface area contributed by atoms with Crippen LogP contribution in [0.2, 0.25) is 0 Å². The second-order valence-corrected chi connectivity index (χ2v) is 3.66. The Hall–Kier alpha value is -0.340. The van der Waals surface area contributed by atoms with Crippen LogP contribution in [0.3, 0.4) is 0 Å². The van der Waals surface area contributed by atoms with Gasteiger partial charge in [0.25, 0.3) is 0 Å². The van der Waals surface area contributed by atoms with Crippen LogP contribution in [-0.2, 0) is 0 Å². The highest BCUT2D eigenvalue weighted by Gasteiger charge is 2.24. The van der Waals surface area contributed by atoms with Gasteiger partial charge in [0.05, 0.1) is 12.2 Å². The molecule has 0 spiro atoms. The van der Waals surface area contributed by atoms with Gasteiger partial charge in [-0.25, -0.2) is 0 Å². The maximum Gasteiger partial charge on any atom is 0.0602 e. The van der Waals surface area contributed by atoms with E-state index in [4.69, 9.17) is 0 Å². The fourth-order valence-electron chi connectivity index (χ4n) is 1.85. The van der Waals surface area contributed by atoms with E-state index >= 15 is 0 Å². The Labute approximate surface area is 73.9 Å². The molecule has 0 radical (unpaired) electrons. The molecule has 1 aliphatic carbocycles. The van der Waals surface area contributed by atoms with Crippen molar-refractivity contribution in [2.24, 2.45) is 5.92 Å². The van der Waals surface area contributed by atoms with Gasteiger partial charge in [0.15, 0.2) is 0 Å². The van der Waals surface area contributed by atoms with Gasteiger partial charge in [-0.2, -0.15) is 0 Å². The van der Waals surface area contributed by atoms with E-state index in [9.17, 15) is 10.2 Å². The zero-order valence-electron chi connectivity index (χ0n) is 7.45. The molecule has 2 nitrogen and oxygen atoms in total. The smallest absolute Gasteiger partial charge is 0.0602 e. The molecule has 0 saturated heterocycles. The molecule has 1 aliphatic rings. The molecule has 70 valence electrons. The quantitative estimate of drug-likeness (QED) is 0.630. The molecular formula is C10H18O2. The molecule has 12 heavy (non-hydrogen) atoms. The molecule has 0 bridgehead atoms. The third-order valence-corrected chi connectivity index (χ3v) is 2.69. The third kappa shape index (κ3) is 2.61. The van der Waals surface area contributed by atoms with Crippen LogP contribution in [0.5, 0.6) is 0 Å². The summed E-state index contributed by atoms with van der Waals surface area (Å²) in [5.41, 5.74) is 0. The molecule has 2 heteroatoms. The van der Waals surface area contributed by atoms with Crippen LogP contribution in [0.25, 0.3) is 0 Å². The lowest BCUT2D eigenvalue weighted by atomic mass is 9.83. The van der Waals surface area contributed by atoms with Crippen molar-refractivity contribution < 1.29 is 10.2 Å². The maximum atomic E-state index is 9.61. The van der Waals surface area contributed by atoms with E-state index in [1.165, 1.54) is 0 Å². The van der Waals surface area contributed by atoms with Crippen molar-refractivity contribution in [3.05, 3.63) is 12.7 Å². The second-order valence-electron chi connectivity index (χ2n) is 3.66. The minimum Gasteiger partial charge on any atom is -0.393 e. The summed E-state index contributed by atoms with van der Waals surface area (Å²) in [6.07, 6.45) is 5.67. The van der Waals surface area contributed by atoms with Gasteiger partial charge in [-0.3, -0.25) is 0 Å². The molecule has 0 heterocycles. The molecule has 0 aromatic rings. The fourth-order valence-corrected chi connectivity index (χ4v) is 1.85. The van der Waals surface area contributed by atoms with E-state index < -0.39 is 0 Å². The summed E-state index contributed by atoms with van der Waals surface area (Å²) in [5.74, 6) is 0.381. The van der Waals surface area contributed by atoms with Crippen LogP contribution in [0.4, 0.5) is 0 Å². The van der Waals surface area contributed by atoms with Gasteiger partial charge < -0.3 is 10.2 Å². The van der Waals surface area contributed by atoms with Gasteiger partial charge in [0, 0.05) is 0 Å². The van der Waals surface area contributed by atoms with Crippen molar-refractivity contribution in [2.45, 2.75) is 44.3 Å². The Morgan fingerprint density at radius 2 is 1.92 bits per heavy atom. The summed E-state index contributed by atoms with van der Waals surface area (Å²) in [6.45, 7) is 3.60. The average Bonchev–Trinajstić information content (AvgIpc) is 2.06. The molecule has 0 amide bonds. The van der Waals surface area contributed by atoms with Crippen LogP contribution in [-0.4, -0.2) is 22.4 Å². The topological polar surface area (TPSA) is 40.5 Å². The summed E-state index contributed by atoms with van der Waals surface area (Å²) in [6, 6.07) is 0. The highest BCUT2D eigenvalue weighted by atomic mass is 16.3. The van der Waals surface area contributed by atoms with Gasteiger partial charge in [-0.1, -0.05) is 6.08 Å². The Kier molecular flexibility index (Phi) is 3.76. The largest absolute Gasteiger partial charge is 0.393 e. The van der Waals surface area contributed by atoms with Crippen LogP contribution in [0.1, 0.15) is 32.1 Å². The molecule has 1 atom stereocenters. The first-order chi connectivity index (χ1) is 5.74. The Morgan fingerprint density at radius 3 is 2.42 bits per heavy atom. The second kappa shape index (κ2) is 4.63. The molecule has 0 aliphatic heterocycles. The molecule has 0 aromatic heterocycles. The Balaban J connectivity index is 2.28. The van der Waals surface area contributed by atoms with Gasteiger partial charge in [0.2, 0.25) is 0 Å². The lowest BCUT2D eigenvalue weighted by molar-refractivity contribution is 0.0437. The molecule has 1 fully saturated rings. The summed E-state index contributed by atoms with van der Waals surface area (Å²) in [7, 11) is 0. The molecule has 1 saturated carbocycles. The highest BCUT2D eigenvalue weighted by molar-refractivity contribution is 4.81. The first-order valence-corrected chi connectivity index (χ1v) is 4.71. The molecule has 2 N–H and O–H groups in total. The van der Waals surface area contributed by atoms with Gasteiger partial charge in [-0.05, 0) is 38.0 Å². The van der Waals surface area contributed by atoms with Crippen molar-refractivity contribution in [3.8, 4) is 0 Å². The number of aliphatic hydroxyl groups is 2. The minimum atomic E-state index is -0.241. The van der Waals surface area contributed by atoms with E-state index in [1.54, 1.807) is 6.08 Å². The van der Waals surface area contributed by atoms with Crippen molar-refractivity contribution in [2.75, 3.05) is 0 Å². The number of rotatable bonds is 3. The van der Waals surface area contributed by atoms with Crippen LogP contribution < -0.4 is 0 Å². The Bertz CT molecular complexity index is 137. The zero-order chi connectivity index (χ0) is 8.97. The monoisotopic (exact) mass is 170 g/mol. The first-order valence-electron chi connectivity index (χ1n) is 4.71. The van der Waals surface area contributed by atoms with Crippen LogP contribution in [0.15, 0.2) is 12.7 Å². The molecule has 0 aromatic carbocycles. The third-order valence-electron chi connectivity index (χ3n) is 2.69. The van der Waals surface area contributed by atoms with Crippen molar-refractivity contribution >= 4 is 0 Å². The molecule has 1 unspecified atom stereocenters. The van der Waals surface area contributed by atoms with Crippen LogP contribution in [0, 0.1) is 5.92 Å². The van der Waals surface area contributed by atoms with E-state index in [0.29, 0.717) is 12.3 Å². The number of hydrogen-bond donors (Lipinski definition) is 2. The molecular weight excluding hydrogens is 152 g/mol. The lowest BCUT2D eigenvalue weighted by Gasteiger charge is -2.28. The summed E-state index contributed by atoms with van der Waals surface area (Å²) in [5, 5.41) is 18.8. The van der Waals surface area contributed by atoms with Crippen molar-refractivity contribution in [1.82, 2.24) is 0 Å². The first kappa shape index (κ1) is 9.75. The highest BCUT2D eigenvalue weighted by Crippen LogP contribution is 2.27. The van der Waals surface area contributed by atoms with Crippen LogP contribution >= 0.6 is 0 Å². The fraction of sp³-hybridized carbons (Fsp3) is 0.800. The van der Waals surface area contributed by atoms with Gasteiger partial charge in [0.1, 0.15) is 0 Å². The van der Waals surface area contributed by atoms with E-state index in [-0.39, 0.29) is 12.2 Å². The summed E-state index contributed by atoms with van der Waals surface area (Å²) >= 11 is 0. The minimum absolute atomic E-state index is 0.128. The maximum absolute atomic E-state index is 9.61. The van der Waals surface area contributed by atoms with Gasteiger partial charge >= 0.3 is 0 Å². The standard InChI is InChI=1S/C10H18O2/c1-2-3-10(12)8-4-6-9(11)7-5-8/h2,8-12H,1,3-7H2. The normalized spacial score (nSPS) is 32.8. The van der Waals surface area contributed by atoms with E-state index in [1.807, 2.05) is 0 Å². The van der Waals surface area contributed by atoms with Gasteiger partial charge in [-0.15, -0.1) is 6.58 Å². The summed E-state index contributed by atoms with van der Waals surface area (Å²) < 4.78 is 0. The van der Waals surface area contributed by atoms with Crippen molar-refractivity contribution in [3.63, 3.8) is 0 Å². The lowest BCUT2D eigenvalue weighted by Crippen LogP contribution is -2.27. The Morgan fingerprint density at radius 1 is 1.33 bits per heavy atom. The van der Waals surface area contributed by atoms with E-state index in [2.05, 4.69) is 6.58 Å². The number of hydrogen-bond acceptors (Lipinski definition) is 2. The predicted molar refractivity (Wildman–Crippen MR) is 48.8 cm³/mol. The predicted octanol–water partition coefficient (Wildman–Crippen LogP) is 1.47.